The van der Waals surface area contributed by atoms with E-state index < -0.39 is 0 Å². The molecule has 0 saturated carbocycles. The molecule has 0 fully saturated rings. The van der Waals surface area contributed by atoms with Gasteiger partial charge in [-0.2, -0.15) is 0 Å². The average Bonchev–Trinajstić information content (AvgIpc) is 2.48. The van der Waals surface area contributed by atoms with Gasteiger partial charge in [-0.05, 0) is 52.8 Å². The van der Waals surface area contributed by atoms with Gasteiger partial charge < -0.3 is 14.8 Å². The number of rotatable bonds is 7. The molecule has 0 unspecified atom stereocenters. The maximum absolute atomic E-state index is 13.3. The van der Waals surface area contributed by atoms with Crippen LogP contribution in [0.1, 0.15) is 5.56 Å². The first-order chi connectivity index (χ1) is 10.2. The number of ether oxygens (including phenoxy) is 2. The lowest BCUT2D eigenvalue weighted by atomic mass is 10.2. The molecular weight excluding hydrogens is 337 g/mol. The molecule has 0 aliphatic carbocycles. The largest absolute Gasteiger partial charge is 0.490 e. The molecule has 0 aromatic heterocycles. The summed E-state index contributed by atoms with van der Waals surface area (Å²) in [5, 5.41) is 3.09. The molecule has 112 valence electrons. The number of hydrogen-bond donors (Lipinski definition) is 1. The fourth-order valence-electron chi connectivity index (χ4n) is 1.84. The zero-order chi connectivity index (χ0) is 15.1. The van der Waals surface area contributed by atoms with Gasteiger partial charge >= 0.3 is 0 Å². The van der Waals surface area contributed by atoms with Crippen LogP contribution in [0, 0.1) is 5.82 Å². The maximum Gasteiger partial charge on any atom is 0.141 e. The number of benzene rings is 2. The third-order valence-electron chi connectivity index (χ3n) is 2.79. The van der Waals surface area contributed by atoms with E-state index in [0.717, 1.165) is 17.9 Å². The maximum atomic E-state index is 13.3. The van der Waals surface area contributed by atoms with Gasteiger partial charge in [0, 0.05) is 12.6 Å². The molecule has 0 saturated heterocycles. The van der Waals surface area contributed by atoms with Crippen LogP contribution in [0.2, 0.25) is 0 Å². The second kappa shape index (κ2) is 8.00. The van der Waals surface area contributed by atoms with Crippen molar-refractivity contribution in [2.24, 2.45) is 0 Å². The summed E-state index contributed by atoms with van der Waals surface area (Å²) in [7, 11) is 1.90. The van der Waals surface area contributed by atoms with Crippen molar-refractivity contribution in [2.75, 3.05) is 20.3 Å². The highest BCUT2D eigenvalue weighted by Gasteiger charge is 2.02. The first-order valence-corrected chi connectivity index (χ1v) is 7.42. The SMILES string of the molecule is CNCc1cccc(OCCOc2ccc(Br)c(F)c2)c1. The molecule has 2 aromatic rings. The zero-order valence-electron chi connectivity index (χ0n) is 11.7. The monoisotopic (exact) mass is 353 g/mol. The zero-order valence-corrected chi connectivity index (χ0v) is 13.3. The Morgan fingerprint density at radius 1 is 1.05 bits per heavy atom. The van der Waals surface area contributed by atoms with Crippen LogP contribution >= 0.6 is 15.9 Å². The minimum absolute atomic E-state index is 0.340. The number of halogens is 2. The minimum atomic E-state index is -0.340. The van der Waals surface area contributed by atoms with E-state index in [4.69, 9.17) is 9.47 Å². The second-order valence-electron chi connectivity index (χ2n) is 4.45. The van der Waals surface area contributed by atoms with Gasteiger partial charge in [-0.25, -0.2) is 4.39 Å². The van der Waals surface area contributed by atoms with Crippen molar-refractivity contribution in [1.82, 2.24) is 5.32 Å². The fraction of sp³-hybridized carbons (Fsp3) is 0.250. The summed E-state index contributed by atoms with van der Waals surface area (Å²) in [6.07, 6.45) is 0. The van der Waals surface area contributed by atoms with Gasteiger partial charge in [0.15, 0.2) is 0 Å². The van der Waals surface area contributed by atoms with Gasteiger partial charge in [0.1, 0.15) is 30.5 Å². The Bertz CT molecular complexity index is 592. The van der Waals surface area contributed by atoms with Crippen LogP contribution < -0.4 is 14.8 Å². The first kappa shape index (κ1) is 15.8. The summed E-state index contributed by atoms with van der Waals surface area (Å²) >= 11 is 3.10. The van der Waals surface area contributed by atoms with Gasteiger partial charge in [0.25, 0.3) is 0 Å². The van der Waals surface area contributed by atoms with E-state index in [2.05, 4.69) is 21.2 Å². The Hall–Kier alpha value is -1.59. The van der Waals surface area contributed by atoms with E-state index in [9.17, 15) is 4.39 Å². The highest BCUT2D eigenvalue weighted by Crippen LogP contribution is 2.21. The average molecular weight is 354 g/mol. The van der Waals surface area contributed by atoms with E-state index in [1.54, 1.807) is 12.1 Å². The predicted octanol–water partition coefficient (Wildman–Crippen LogP) is 3.77. The molecule has 0 heterocycles. The van der Waals surface area contributed by atoms with Gasteiger partial charge in [-0.1, -0.05) is 12.1 Å². The fourth-order valence-corrected chi connectivity index (χ4v) is 2.08. The molecule has 3 nitrogen and oxygen atoms in total. The van der Waals surface area contributed by atoms with Gasteiger partial charge in [0.2, 0.25) is 0 Å². The molecule has 2 aromatic carbocycles. The predicted molar refractivity (Wildman–Crippen MR) is 84.3 cm³/mol. The van der Waals surface area contributed by atoms with E-state index in [1.165, 1.54) is 6.07 Å². The van der Waals surface area contributed by atoms with Crippen LogP contribution in [0.4, 0.5) is 4.39 Å². The van der Waals surface area contributed by atoms with Crippen molar-refractivity contribution >= 4 is 15.9 Å². The molecule has 0 atom stereocenters. The Kier molecular flexibility index (Phi) is 6.02. The van der Waals surface area contributed by atoms with Crippen molar-refractivity contribution < 1.29 is 13.9 Å². The van der Waals surface area contributed by atoms with Gasteiger partial charge in [-0.15, -0.1) is 0 Å². The number of nitrogens with one attached hydrogen (secondary N) is 1. The van der Waals surface area contributed by atoms with Crippen molar-refractivity contribution in [2.45, 2.75) is 6.54 Å². The molecule has 5 heteroatoms. The Labute approximate surface area is 132 Å². The van der Waals surface area contributed by atoms with Crippen LogP contribution in [0.15, 0.2) is 46.9 Å². The van der Waals surface area contributed by atoms with Crippen molar-refractivity contribution in [3.8, 4) is 11.5 Å². The summed E-state index contributed by atoms with van der Waals surface area (Å²) < 4.78 is 24.8. The summed E-state index contributed by atoms with van der Waals surface area (Å²) in [4.78, 5) is 0. The first-order valence-electron chi connectivity index (χ1n) is 6.63. The smallest absolute Gasteiger partial charge is 0.141 e. The molecule has 0 bridgehead atoms. The van der Waals surface area contributed by atoms with Crippen LogP contribution in [-0.4, -0.2) is 20.3 Å². The molecule has 0 aliphatic heterocycles. The molecule has 21 heavy (non-hydrogen) atoms. The third-order valence-corrected chi connectivity index (χ3v) is 3.43. The highest BCUT2D eigenvalue weighted by molar-refractivity contribution is 9.10. The third kappa shape index (κ3) is 5.02. The molecule has 2 rings (SSSR count). The van der Waals surface area contributed by atoms with Gasteiger partial charge in [0.05, 0.1) is 4.47 Å². The molecule has 0 aliphatic rings. The summed E-state index contributed by atoms with van der Waals surface area (Å²) in [6, 6.07) is 12.5. The summed E-state index contributed by atoms with van der Waals surface area (Å²) in [5.41, 5.74) is 1.16. The van der Waals surface area contributed by atoms with Crippen molar-refractivity contribution in [3.63, 3.8) is 0 Å². The van der Waals surface area contributed by atoms with Crippen LogP contribution in [-0.2, 0) is 6.54 Å². The topological polar surface area (TPSA) is 30.5 Å². The highest BCUT2D eigenvalue weighted by atomic mass is 79.9. The van der Waals surface area contributed by atoms with Crippen LogP contribution in [0.3, 0.4) is 0 Å². The normalized spacial score (nSPS) is 10.4. The lowest BCUT2D eigenvalue weighted by molar-refractivity contribution is 0.216. The standard InChI is InChI=1S/C16H17BrFNO2/c1-19-11-12-3-2-4-13(9-12)20-7-8-21-14-5-6-15(17)16(18)10-14/h2-6,9-10,19H,7-8,11H2,1H3. The lowest BCUT2D eigenvalue weighted by Crippen LogP contribution is -2.10. The van der Waals surface area contributed by atoms with Crippen molar-refractivity contribution in [1.29, 1.82) is 0 Å². The molecule has 0 radical (unpaired) electrons. The minimum Gasteiger partial charge on any atom is -0.490 e. The molecule has 0 amide bonds. The molecule has 1 N–H and O–H groups in total. The van der Waals surface area contributed by atoms with E-state index in [0.29, 0.717) is 23.4 Å². The van der Waals surface area contributed by atoms with Gasteiger partial charge in [-0.3, -0.25) is 0 Å². The Morgan fingerprint density at radius 3 is 2.43 bits per heavy atom. The summed E-state index contributed by atoms with van der Waals surface area (Å²) in [6.45, 7) is 1.56. The second-order valence-corrected chi connectivity index (χ2v) is 5.30. The Balaban J connectivity index is 1.79. The quantitative estimate of drug-likeness (QED) is 0.768. The summed E-state index contributed by atoms with van der Waals surface area (Å²) in [5.74, 6) is 0.949. The Morgan fingerprint density at radius 2 is 1.76 bits per heavy atom. The van der Waals surface area contributed by atoms with E-state index in [1.807, 2.05) is 31.3 Å². The van der Waals surface area contributed by atoms with E-state index in [-0.39, 0.29) is 5.82 Å². The van der Waals surface area contributed by atoms with Crippen LogP contribution in [0.5, 0.6) is 11.5 Å². The lowest BCUT2D eigenvalue weighted by Gasteiger charge is -2.10. The molecular formula is C16H17BrFNO2. The number of hydrogen-bond acceptors (Lipinski definition) is 3. The van der Waals surface area contributed by atoms with Crippen molar-refractivity contribution in [3.05, 3.63) is 58.3 Å². The van der Waals surface area contributed by atoms with Crippen LogP contribution in [0.25, 0.3) is 0 Å². The molecule has 0 spiro atoms. The van der Waals surface area contributed by atoms with E-state index >= 15 is 0 Å².